The van der Waals surface area contributed by atoms with Gasteiger partial charge in [-0.3, -0.25) is 0 Å². The SMILES string of the molecule is c1ccc(-c2c(-c3ccc4ccccc4c3)c3ccccc3c3cc4c(-c5ccc(-c6cccc7ccccc67)cc5)c5ccccc5c(-c5ccc(-c6cccc7ccccc67)cc5)c4cc23)cc1. The number of fused-ring (bicyclic) bond motifs is 8. The van der Waals surface area contributed by atoms with Gasteiger partial charge in [0.05, 0.1) is 0 Å². The minimum Gasteiger partial charge on any atom is -0.0622 e. The molecule has 0 saturated carbocycles. The van der Waals surface area contributed by atoms with Gasteiger partial charge in [-0.05, 0) is 160 Å². The predicted molar refractivity (Wildman–Crippen MR) is 302 cm³/mol. The Hall–Kier alpha value is -9.10. The van der Waals surface area contributed by atoms with Gasteiger partial charge in [0.2, 0.25) is 0 Å². The zero-order chi connectivity index (χ0) is 46.1. The van der Waals surface area contributed by atoms with E-state index in [4.69, 9.17) is 0 Å². The monoisotopic (exact) mass is 884 g/mol. The van der Waals surface area contributed by atoms with Crippen molar-refractivity contribution < 1.29 is 0 Å². The van der Waals surface area contributed by atoms with Crippen LogP contribution in [0.15, 0.2) is 267 Å². The van der Waals surface area contributed by atoms with E-state index in [1.54, 1.807) is 0 Å². The molecule has 0 radical (unpaired) electrons. The molecule has 70 heavy (non-hydrogen) atoms. The molecule has 0 aliphatic rings. The summed E-state index contributed by atoms with van der Waals surface area (Å²) in [6.45, 7) is 0. The Morgan fingerprint density at radius 1 is 0.143 bits per heavy atom. The second-order valence-corrected chi connectivity index (χ2v) is 18.7. The van der Waals surface area contributed by atoms with Crippen molar-refractivity contribution in [3.8, 4) is 66.8 Å². The summed E-state index contributed by atoms with van der Waals surface area (Å²) in [5.41, 5.74) is 14.7. The lowest BCUT2D eigenvalue weighted by molar-refractivity contribution is 1.62. The van der Waals surface area contributed by atoms with Crippen molar-refractivity contribution >= 4 is 75.4 Å². The Bertz CT molecular complexity index is 4360. The third kappa shape index (κ3) is 6.45. The molecule has 14 aromatic rings. The Balaban J connectivity index is 1.09. The molecule has 0 spiro atoms. The predicted octanol–water partition coefficient (Wildman–Crippen LogP) is 19.8. The molecule has 0 aromatic heterocycles. The number of hydrogen-bond donors (Lipinski definition) is 0. The summed E-state index contributed by atoms with van der Waals surface area (Å²) in [6, 6.07) is 99.2. The summed E-state index contributed by atoms with van der Waals surface area (Å²) in [7, 11) is 0. The normalized spacial score (nSPS) is 11.7. The topological polar surface area (TPSA) is 0 Å². The van der Waals surface area contributed by atoms with E-state index in [1.165, 1.54) is 142 Å². The second kappa shape index (κ2) is 16.3. The molecule has 0 heterocycles. The van der Waals surface area contributed by atoms with Crippen LogP contribution in [0.5, 0.6) is 0 Å². The minimum atomic E-state index is 1.19. The van der Waals surface area contributed by atoms with Gasteiger partial charge >= 0.3 is 0 Å². The number of benzene rings is 14. The number of hydrogen-bond acceptors (Lipinski definition) is 0. The third-order valence-corrected chi connectivity index (χ3v) is 14.8. The van der Waals surface area contributed by atoms with E-state index in [0.29, 0.717) is 0 Å². The fraction of sp³-hybridized carbons (Fsp3) is 0. The highest BCUT2D eigenvalue weighted by molar-refractivity contribution is 6.29. The van der Waals surface area contributed by atoms with Crippen molar-refractivity contribution in [2.24, 2.45) is 0 Å². The maximum atomic E-state index is 2.54. The van der Waals surface area contributed by atoms with E-state index in [1.807, 2.05) is 0 Å². The molecule has 324 valence electrons. The van der Waals surface area contributed by atoms with Crippen molar-refractivity contribution in [3.05, 3.63) is 267 Å². The molecule has 14 aromatic carbocycles. The molecule has 0 amide bonds. The summed E-state index contributed by atoms with van der Waals surface area (Å²) in [6.07, 6.45) is 0. The molecular weight excluding hydrogens is 841 g/mol. The molecule has 0 fully saturated rings. The van der Waals surface area contributed by atoms with Crippen LogP contribution in [0, 0.1) is 0 Å². The third-order valence-electron chi connectivity index (χ3n) is 14.8. The molecule has 0 N–H and O–H groups in total. The van der Waals surface area contributed by atoms with Crippen LogP contribution in [0.4, 0.5) is 0 Å². The molecule has 0 saturated heterocycles. The maximum absolute atomic E-state index is 2.54. The van der Waals surface area contributed by atoms with Gasteiger partial charge < -0.3 is 0 Å². The summed E-state index contributed by atoms with van der Waals surface area (Å²) >= 11 is 0. The Kier molecular flexibility index (Phi) is 9.32. The van der Waals surface area contributed by atoms with Crippen LogP contribution in [-0.4, -0.2) is 0 Å². The van der Waals surface area contributed by atoms with Crippen LogP contribution in [0.3, 0.4) is 0 Å². The summed E-state index contributed by atoms with van der Waals surface area (Å²) < 4.78 is 0. The van der Waals surface area contributed by atoms with Gasteiger partial charge in [0.15, 0.2) is 0 Å². The fourth-order valence-corrected chi connectivity index (χ4v) is 11.6. The fourth-order valence-electron chi connectivity index (χ4n) is 11.6. The van der Waals surface area contributed by atoms with E-state index in [2.05, 4.69) is 267 Å². The lowest BCUT2D eigenvalue weighted by atomic mass is 9.80. The largest absolute Gasteiger partial charge is 0.0622 e. The molecular formula is C70H44. The molecule has 0 nitrogen and oxygen atoms in total. The standard InChI is InChI=1S/C70H44/c1-2-19-50(20-3-1)69-64-44-66-65(43-63(64)59-26-10-11-27-60(59)70(69)54-41-32-45-16-4-5-21-53(45)42-54)67(51-37-33-48(34-38-51)57-30-14-22-46-17-6-8-24-55(46)57)61-28-12-13-29-62(61)68(66)52-39-35-49(36-40-52)58-31-15-23-47-18-7-9-25-56(47)58/h1-44H. The van der Waals surface area contributed by atoms with Crippen LogP contribution in [0.2, 0.25) is 0 Å². The zero-order valence-corrected chi connectivity index (χ0v) is 38.4. The van der Waals surface area contributed by atoms with Gasteiger partial charge in [0.1, 0.15) is 0 Å². The first-order chi connectivity index (χ1) is 34.7. The van der Waals surface area contributed by atoms with Gasteiger partial charge in [-0.25, -0.2) is 0 Å². The van der Waals surface area contributed by atoms with Crippen LogP contribution in [0.1, 0.15) is 0 Å². The average molecular weight is 885 g/mol. The molecule has 0 aliphatic carbocycles. The Morgan fingerprint density at radius 2 is 0.500 bits per heavy atom. The van der Waals surface area contributed by atoms with Gasteiger partial charge in [-0.2, -0.15) is 0 Å². The van der Waals surface area contributed by atoms with Crippen LogP contribution in [0.25, 0.3) is 142 Å². The van der Waals surface area contributed by atoms with E-state index in [9.17, 15) is 0 Å². The smallest absolute Gasteiger partial charge is 0.00201 e. The first-order valence-corrected chi connectivity index (χ1v) is 24.3. The Labute approximate surface area is 407 Å². The van der Waals surface area contributed by atoms with Crippen molar-refractivity contribution in [2.75, 3.05) is 0 Å². The van der Waals surface area contributed by atoms with Crippen LogP contribution in [-0.2, 0) is 0 Å². The van der Waals surface area contributed by atoms with Crippen molar-refractivity contribution in [1.82, 2.24) is 0 Å². The van der Waals surface area contributed by atoms with Crippen molar-refractivity contribution in [1.29, 1.82) is 0 Å². The molecule has 14 rings (SSSR count). The average Bonchev–Trinajstić information content (AvgIpc) is 3.43. The van der Waals surface area contributed by atoms with E-state index in [-0.39, 0.29) is 0 Å². The van der Waals surface area contributed by atoms with Gasteiger partial charge in [-0.15, -0.1) is 0 Å². The summed E-state index contributed by atoms with van der Waals surface area (Å²) in [4.78, 5) is 0. The van der Waals surface area contributed by atoms with Gasteiger partial charge in [0, 0.05) is 0 Å². The molecule has 0 atom stereocenters. The molecule has 0 bridgehead atoms. The van der Waals surface area contributed by atoms with Gasteiger partial charge in [-0.1, -0.05) is 249 Å². The first-order valence-electron chi connectivity index (χ1n) is 24.3. The zero-order valence-electron chi connectivity index (χ0n) is 38.4. The molecule has 0 unspecified atom stereocenters. The van der Waals surface area contributed by atoms with Crippen molar-refractivity contribution in [2.45, 2.75) is 0 Å². The lowest BCUT2D eigenvalue weighted by Gasteiger charge is -2.22. The lowest BCUT2D eigenvalue weighted by Crippen LogP contribution is -1.95. The highest BCUT2D eigenvalue weighted by Crippen LogP contribution is 2.51. The highest BCUT2D eigenvalue weighted by Gasteiger charge is 2.23. The summed E-state index contributed by atoms with van der Waals surface area (Å²) in [5.74, 6) is 0. The maximum Gasteiger partial charge on any atom is -0.00201 e. The van der Waals surface area contributed by atoms with Crippen LogP contribution < -0.4 is 0 Å². The minimum absolute atomic E-state index is 1.19. The Morgan fingerprint density at radius 3 is 1.06 bits per heavy atom. The van der Waals surface area contributed by atoms with Crippen molar-refractivity contribution in [3.63, 3.8) is 0 Å². The van der Waals surface area contributed by atoms with E-state index in [0.717, 1.165) is 0 Å². The summed E-state index contributed by atoms with van der Waals surface area (Å²) in [5, 5.41) is 17.4. The van der Waals surface area contributed by atoms with Crippen LogP contribution >= 0.6 is 0 Å². The molecule has 0 heteroatoms. The molecule has 0 aliphatic heterocycles. The quantitative estimate of drug-likeness (QED) is 0.115. The van der Waals surface area contributed by atoms with Gasteiger partial charge in [0.25, 0.3) is 0 Å². The highest BCUT2D eigenvalue weighted by atomic mass is 14.3. The van der Waals surface area contributed by atoms with E-state index >= 15 is 0 Å². The number of rotatable bonds is 6. The first kappa shape index (κ1) is 40.0. The van der Waals surface area contributed by atoms with E-state index < -0.39 is 0 Å². The second-order valence-electron chi connectivity index (χ2n) is 18.7.